The minimum atomic E-state index is -0.786. The summed E-state index contributed by atoms with van der Waals surface area (Å²) in [4.78, 5) is 74.7. The van der Waals surface area contributed by atoms with Gasteiger partial charge in [0.2, 0.25) is 0 Å². The molecule has 2 heterocycles. The average molecular weight is 703 g/mol. The number of unbranched alkanes of at least 4 members (excludes halogenated alkanes) is 1. The van der Waals surface area contributed by atoms with Gasteiger partial charge in [-0.1, -0.05) is 60.7 Å². The van der Waals surface area contributed by atoms with Crippen molar-refractivity contribution in [3.63, 3.8) is 0 Å². The summed E-state index contributed by atoms with van der Waals surface area (Å²) in [5.74, 6) is -1.61. The molecule has 0 saturated heterocycles. The van der Waals surface area contributed by atoms with Gasteiger partial charge in [-0.3, -0.25) is 9.59 Å². The Labute approximate surface area is 295 Å². The standard InChI is InChI=1S/C40H30O12/c41-35(23-49-29-15-13-27-19-31(39(45)51-33(27)21-29)37(43)25-9-3-1-4-10-25)47-17-7-8-18-48-36(42)24-50-30-16-14-28-20-32(40(46)52-34(28)22-30)38(44)26-11-5-2-6-12-26/h1-6,9-16,19-22H,7-8,17-18,23-24H2. The van der Waals surface area contributed by atoms with Crippen molar-refractivity contribution in [2.24, 2.45) is 0 Å². The Morgan fingerprint density at radius 2 is 0.904 bits per heavy atom. The molecule has 12 heteroatoms. The van der Waals surface area contributed by atoms with Crippen molar-refractivity contribution in [1.29, 1.82) is 0 Å². The number of carbonyl (C=O) groups is 4. The lowest BCUT2D eigenvalue weighted by atomic mass is 10.0. The van der Waals surface area contributed by atoms with Crippen LogP contribution in [0, 0.1) is 0 Å². The molecule has 0 bridgehead atoms. The van der Waals surface area contributed by atoms with Crippen molar-refractivity contribution in [2.75, 3.05) is 26.4 Å². The summed E-state index contributed by atoms with van der Waals surface area (Å²) in [6.07, 6.45) is 0.840. The molecule has 0 spiro atoms. The lowest BCUT2D eigenvalue weighted by Crippen LogP contribution is -2.17. The number of carbonyl (C=O) groups excluding carboxylic acids is 4. The molecule has 6 aromatic rings. The lowest BCUT2D eigenvalue weighted by Gasteiger charge is -2.09. The predicted octanol–water partition coefficient (Wildman–Crippen LogP) is 5.69. The van der Waals surface area contributed by atoms with Crippen LogP contribution in [-0.2, 0) is 19.1 Å². The number of hydrogen-bond donors (Lipinski definition) is 0. The summed E-state index contributed by atoms with van der Waals surface area (Å²) in [5, 5.41) is 1.02. The van der Waals surface area contributed by atoms with Crippen LogP contribution >= 0.6 is 0 Å². The third kappa shape index (κ3) is 8.66. The third-order valence-corrected chi connectivity index (χ3v) is 7.75. The Kier molecular flexibility index (Phi) is 10.9. The Bertz CT molecular complexity index is 2210. The molecule has 0 saturated carbocycles. The van der Waals surface area contributed by atoms with Gasteiger partial charge in [0, 0.05) is 34.0 Å². The molecule has 0 amide bonds. The molecule has 4 aromatic carbocycles. The summed E-state index contributed by atoms with van der Waals surface area (Å²) in [7, 11) is 0. The molecule has 0 N–H and O–H groups in total. The number of fused-ring (bicyclic) bond motifs is 2. The van der Waals surface area contributed by atoms with Crippen LogP contribution in [0.4, 0.5) is 0 Å². The molecule has 0 aliphatic heterocycles. The second-order valence-electron chi connectivity index (χ2n) is 11.4. The van der Waals surface area contributed by atoms with Gasteiger partial charge in [-0.25, -0.2) is 19.2 Å². The molecule has 0 aliphatic rings. The molecule has 12 nitrogen and oxygen atoms in total. The Balaban J connectivity index is 0.885. The van der Waals surface area contributed by atoms with Gasteiger partial charge in [-0.2, -0.15) is 0 Å². The van der Waals surface area contributed by atoms with Gasteiger partial charge in [0.05, 0.1) is 13.2 Å². The highest BCUT2D eigenvalue weighted by molar-refractivity contribution is 6.10. The van der Waals surface area contributed by atoms with Gasteiger partial charge in [0.1, 0.15) is 33.8 Å². The van der Waals surface area contributed by atoms with E-state index in [4.69, 9.17) is 27.8 Å². The summed E-state index contributed by atoms with van der Waals surface area (Å²) >= 11 is 0. The average Bonchev–Trinajstić information content (AvgIpc) is 3.17. The van der Waals surface area contributed by atoms with E-state index in [0.29, 0.717) is 34.7 Å². The first kappa shape index (κ1) is 35.0. The zero-order valence-corrected chi connectivity index (χ0v) is 27.5. The van der Waals surface area contributed by atoms with Crippen molar-refractivity contribution >= 4 is 45.4 Å². The van der Waals surface area contributed by atoms with E-state index in [1.165, 1.54) is 24.3 Å². The smallest absolute Gasteiger partial charge is 0.347 e. The molecule has 0 fully saturated rings. The van der Waals surface area contributed by atoms with Gasteiger partial charge in [-0.05, 0) is 49.2 Å². The molecule has 0 atom stereocenters. The monoisotopic (exact) mass is 702 g/mol. The first-order valence-electron chi connectivity index (χ1n) is 16.2. The van der Waals surface area contributed by atoms with Crippen molar-refractivity contribution in [2.45, 2.75) is 12.8 Å². The molecule has 0 unspecified atom stereocenters. The van der Waals surface area contributed by atoms with Gasteiger partial charge in [-0.15, -0.1) is 0 Å². The quantitative estimate of drug-likeness (QED) is 0.0557. The van der Waals surface area contributed by atoms with E-state index in [1.54, 1.807) is 84.9 Å². The molecule has 262 valence electrons. The van der Waals surface area contributed by atoms with Crippen molar-refractivity contribution in [1.82, 2.24) is 0 Å². The maximum Gasteiger partial charge on any atom is 0.347 e. The highest BCUT2D eigenvalue weighted by atomic mass is 16.6. The highest BCUT2D eigenvalue weighted by Gasteiger charge is 2.18. The topological polar surface area (TPSA) is 166 Å². The Morgan fingerprint density at radius 1 is 0.500 bits per heavy atom. The fraction of sp³-hybridized carbons (Fsp3) is 0.150. The molecular weight excluding hydrogens is 672 g/mol. The van der Waals surface area contributed by atoms with Crippen LogP contribution in [-0.4, -0.2) is 49.9 Å². The zero-order valence-electron chi connectivity index (χ0n) is 27.5. The largest absolute Gasteiger partial charge is 0.482 e. The van der Waals surface area contributed by atoms with E-state index in [1.807, 2.05) is 0 Å². The molecular formula is C40H30O12. The van der Waals surface area contributed by atoms with Crippen LogP contribution in [0.3, 0.4) is 0 Å². The van der Waals surface area contributed by atoms with Crippen LogP contribution in [0.1, 0.15) is 44.7 Å². The lowest BCUT2D eigenvalue weighted by molar-refractivity contribution is -0.148. The zero-order chi connectivity index (χ0) is 36.5. The molecule has 0 aliphatic carbocycles. The van der Waals surface area contributed by atoms with Gasteiger partial charge in [0.25, 0.3) is 0 Å². The van der Waals surface area contributed by atoms with E-state index in [2.05, 4.69) is 0 Å². The van der Waals surface area contributed by atoms with Crippen LogP contribution in [0.15, 0.2) is 128 Å². The molecule has 2 aromatic heterocycles. The number of benzene rings is 4. The van der Waals surface area contributed by atoms with Gasteiger partial charge in [0.15, 0.2) is 24.8 Å². The number of hydrogen-bond acceptors (Lipinski definition) is 12. The maximum atomic E-state index is 12.7. The predicted molar refractivity (Wildman–Crippen MR) is 187 cm³/mol. The first-order chi connectivity index (χ1) is 25.2. The summed E-state index contributed by atoms with van der Waals surface area (Å²) in [6.45, 7) is -0.639. The van der Waals surface area contributed by atoms with Crippen molar-refractivity contribution in [3.05, 3.63) is 152 Å². The molecule has 6 rings (SSSR count). The van der Waals surface area contributed by atoms with Crippen LogP contribution in [0.2, 0.25) is 0 Å². The van der Waals surface area contributed by atoms with Crippen LogP contribution < -0.4 is 20.7 Å². The molecule has 0 radical (unpaired) electrons. The number of rotatable bonds is 15. The highest BCUT2D eigenvalue weighted by Crippen LogP contribution is 2.23. The van der Waals surface area contributed by atoms with E-state index in [9.17, 15) is 28.8 Å². The van der Waals surface area contributed by atoms with Crippen LogP contribution in [0.5, 0.6) is 11.5 Å². The van der Waals surface area contributed by atoms with Crippen LogP contribution in [0.25, 0.3) is 21.9 Å². The second kappa shape index (κ2) is 16.3. The Hall–Kier alpha value is -6.82. The van der Waals surface area contributed by atoms with E-state index >= 15 is 0 Å². The SMILES string of the molecule is O=C(COc1ccc2cc(C(=O)c3ccccc3)c(=O)oc2c1)OCCCCOC(=O)COc1ccc2cc(C(=O)c3ccccc3)c(=O)oc2c1. The second-order valence-corrected chi connectivity index (χ2v) is 11.4. The number of esters is 2. The van der Waals surface area contributed by atoms with E-state index in [-0.39, 0.29) is 47.0 Å². The summed E-state index contributed by atoms with van der Waals surface area (Å²) < 4.78 is 32.0. The number of ether oxygens (including phenoxy) is 4. The number of ketones is 2. The summed E-state index contributed by atoms with van der Waals surface area (Å²) in [5.41, 5.74) is -0.634. The van der Waals surface area contributed by atoms with Gasteiger partial charge >= 0.3 is 23.2 Å². The Morgan fingerprint density at radius 3 is 1.31 bits per heavy atom. The van der Waals surface area contributed by atoms with E-state index in [0.717, 1.165) is 0 Å². The fourth-order valence-corrected chi connectivity index (χ4v) is 5.11. The molecule has 52 heavy (non-hydrogen) atoms. The maximum absolute atomic E-state index is 12.7. The fourth-order valence-electron chi connectivity index (χ4n) is 5.11. The normalized spacial score (nSPS) is 10.8. The first-order valence-corrected chi connectivity index (χ1v) is 16.2. The van der Waals surface area contributed by atoms with Crippen molar-refractivity contribution in [3.8, 4) is 11.5 Å². The minimum Gasteiger partial charge on any atom is -0.482 e. The van der Waals surface area contributed by atoms with Gasteiger partial charge < -0.3 is 27.8 Å². The van der Waals surface area contributed by atoms with Crippen molar-refractivity contribution < 1.29 is 47.0 Å². The summed E-state index contributed by atoms with van der Waals surface area (Å²) in [6, 6.07) is 29.0. The van der Waals surface area contributed by atoms with E-state index < -0.39 is 48.0 Å². The third-order valence-electron chi connectivity index (χ3n) is 7.75. The minimum absolute atomic E-state index is 0.0714.